The first-order chi connectivity index (χ1) is 6.53. The number of thiazole rings is 1. The van der Waals surface area contributed by atoms with Gasteiger partial charge in [-0.2, -0.15) is 0 Å². The Hall–Kier alpha value is -0.660. The number of aromatic nitrogens is 1. The molecule has 0 saturated carbocycles. The van der Waals surface area contributed by atoms with Gasteiger partial charge < -0.3 is 5.73 Å². The summed E-state index contributed by atoms with van der Waals surface area (Å²) in [6.07, 6.45) is 0.576. The van der Waals surface area contributed by atoms with Crippen molar-refractivity contribution in [2.45, 2.75) is 13.3 Å². The van der Waals surface area contributed by atoms with E-state index in [0.717, 1.165) is 5.69 Å². The summed E-state index contributed by atoms with van der Waals surface area (Å²) in [7, 11) is -3.09. The molecule has 0 aliphatic heterocycles. The second-order valence-electron chi connectivity index (χ2n) is 2.72. The van der Waals surface area contributed by atoms with Crippen molar-refractivity contribution < 1.29 is 8.42 Å². The molecule has 0 saturated heterocycles. The summed E-state index contributed by atoms with van der Waals surface area (Å²) in [4.78, 5) is 4.02. The van der Waals surface area contributed by atoms with Crippen LogP contribution in [-0.2, 0) is 16.4 Å². The molecular formula is C7H13N3O2S2. The molecule has 1 aromatic heterocycles. The highest BCUT2D eigenvalue weighted by atomic mass is 32.2. The quantitative estimate of drug-likeness (QED) is 0.764. The van der Waals surface area contributed by atoms with Crippen molar-refractivity contribution in [2.75, 3.05) is 18.0 Å². The van der Waals surface area contributed by atoms with Gasteiger partial charge in [0.15, 0.2) is 5.13 Å². The van der Waals surface area contributed by atoms with E-state index in [2.05, 4.69) is 9.71 Å². The third-order valence-corrected chi connectivity index (χ3v) is 3.78. The van der Waals surface area contributed by atoms with Gasteiger partial charge in [-0.15, -0.1) is 11.3 Å². The van der Waals surface area contributed by atoms with Gasteiger partial charge in [-0.3, -0.25) is 0 Å². The third kappa shape index (κ3) is 3.60. The monoisotopic (exact) mass is 235 g/mol. The van der Waals surface area contributed by atoms with E-state index >= 15 is 0 Å². The average Bonchev–Trinajstić information content (AvgIpc) is 2.51. The van der Waals surface area contributed by atoms with Gasteiger partial charge in [0.2, 0.25) is 10.0 Å². The third-order valence-electron chi connectivity index (χ3n) is 1.65. The summed E-state index contributed by atoms with van der Waals surface area (Å²) in [5.74, 6) is 0.103. The highest BCUT2D eigenvalue weighted by molar-refractivity contribution is 7.89. The van der Waals surface area contributed by atoms with Crippen LogP contribution in [0, 0.1) is 0 Å². The second-order valence-corrected chi connectivity index (χ2v) is 5.71. The van der Waals surface area contributed by atoms with Crippen LogP contribution in [0.1, 0.15) is 12.6 Å². The van der Waals surface area contributed by atoms with E-state index in [1.54, 1.807) is 6.92 Å². The molecule has 5 nitrogen and oxygen atoms in total. The zero-order valence-corrected chi connectivity index (χ0v) is 9.49. The molecule has 0 aromatic carbocycles. The van der Waals surface area contributed by atoms with E-state index in [1.165, 1.54) is 11.3 Å². The fraction of sp³-hybridized carbons (Fsp3) is 0.571. The lowest BCUT2D eigenvalue weighted by atomic mass is 10.3. The van der Waals surface area contributed by atoms with Crippen LogP contribution >= 0.6 is 11.3 Å². The molecule has 0 radical (unpaired) electrons. The van der Waals surface area contributed by atoms with Crippen LogP contribution in [-0.4, -0.2) is 25.7 Å². The van der Waals surface area contributed by atoms with Crippen LogP contribution in [0.25, 0.3) is 0 Å². The zero-order chi connectivity index (χ0) is 10.6. The van der Waals surface area contributed by atoms with E-state index in [4.69, 9.17) is 5.73 Å². The average molecular weight is 235 g/mol. The second kappa shape index (κ2) is 4.72. The number of anilines is 1. The van der Waals surface area contributed by atoms with E-state index < -0.39 is 10.0 Å². The smallest absolute Gasteiger partial charge is 0.211 e. The SMILES string of the molecule is CCS(=O)(=O)NCCc1csc(N)n1. The Morgan fingerprint density at radius 3 is 2.86 bits per heavy atom. The molecule has 0 spiro atoms. The lowest BCUT2D eigenvalue weighted by Gasteiger charge is -2.01. The molecule has 0 unspecified atom stereocenters. The van der Waals surface area contributed by atoms with Crippen molar-refractivity contribution in [3.8, 4) is 0 Å². The van der Waals surface area contributed by atoms with Gasteiger partial charge in [-0.05, 0) is 6.92 Å². The number of nitrogens with zero attached hydrogens (tertiary/aromatic N) is 1. The summed E-state index contributed by atoms with van der Waals surface area (Å²) >= 11 is 1.36. The van der Waals surface area contributed by atoms with Crippen molar-refractivity contribution >= 4 is 26.5 Å². The van der Waals surface area contributed by atoms with Crippen molar-refractivity contribution in [1.82, 2.24) is 9.71 Å². The van der Waals surface area contributed by atoms with Gasteiger partial charge in [0.25, 0.3) is 0 Å². The minimum Gasteiger partial charge on any atom is -0.375 e. The summed E-state index contributed by atoms with van der Waals surface area (Å²) in [5.41, 5.74) is 6.26. The van der Waals surface area contributed by atoms with Crippen molar-refractivity contribution in [1.29, 1.82) is 0 Å². The molecule has 14 heavy (non-hydrogen) atoms. The van der Waals surface area contributed by atoms with Crippen molar-refractivity contribution in [3.05, 3.63) is 11.1 Å². The van der Waals surface area contributed by atoms with Gasteiger partial charge in [0, 0.05) is 18.3 Å². The number of rotatable bonds is 5. The molecule has 0 aliphatic carbocycles. The molecule has 3 N–H and O–H groups in total. The van der Waals surface area contributed by atoms with Crippen LogP contribution < -0.4 is 10.5 Å². The Bertz CT molecular complexity index is 385. The van der Waals surface area contributed by atoms with Crippen LogP contribution in [0.15, 0.2) is 5.38 Å². The number of hydrogen-bond donors (Lipinski definition) is 2. The van der Waals surface area contributed by atoms with E-state index in [-0.39, 0.29) is 5.75 Å². The van der Waals surface area contributed by atoms with Gasteiger partial charge in [0.05, 0.1) is 11.4 Å². The highest BCUT2D eigenvalue weighted by Crippen LogP contribution is 2.10. The lowest BCUT2D eigenvalue weighted by molar-refractivity contribution is 0.582. The zero-order valence-electron chi connectivity index (χ0n) is 7.86. The number of nitrogen functional groups attached to an aromatic ring is 1. The Balaban J connectivity index is 2.36. The normalized spacial score (nSPS) is 11.8. The highest BCUT2D eigenvalue weighted by Gasteiger charge is 2.05. The Kier molecular flexibility index (Phi) is 3.85. The number of hydrogen-bond acceptors (Lipinski definition) is 5. The lowest BCUT2D eigenvalue weighted by Crippen LogP contribution is -2.27. The number of nitrogens with one attached hydrogen (secondary N) is 1. The first-order valence-electron chi connectivity index (χ1n) is 4.20. The summed E-state index contributed by atoms with van der Waals surface area (Å²) in [6.45, 7) is 1.97. The van der Waals surface area contributed by atoms with E-state index in [9.17, 15) is 8.42 Å². The van der Waals surface area contributed by atoms with Crippen molar-refractivity contribution in [2.24, 2.45) is 0 Å². The van der Waals surface area contributed by atoms with Gasteiger partial charge in [0.1, 0.15) is 0 Å². The molecule has 0 amide bonds. The Labute approximate surface area is 87.4 Å². The topological polar surface area (TPSA) is 85.1 Å². The first-order valence-corrected chi connectivity index (χ1v) is 6.74. The van der Waals surface area contributed by atoms with Gasteiger partial charge in [-0.25, -0.2) is 18.1 Å². The maximum absolute atomic E-state index is 11.0. The Morgan fingerprint density at radius 1 is 1.64 bits per heavy atom. The first kappa shape index (κ1) is 11.4. The maximum atomic E-state index is 11.0. The fourth-order valence-electron chi connectivity index (χ4n) is 0.874. The van der Waals surface area contributed by atoms with Crippen LogP contribution in [0.2, 0.25) is 0 Å². The Morgan fingerprint density at radius 2 is 2.36 bits per heavy atom. The van der Waals surface area contributed by atoms with E-state index in [0.29, 0.717) is 18.1 Å². The van der Waals surface area contributed by atoms with Crippen LogP contribution in [0.5, 0.6) is 0 Å². The van der Waals surface area contributed by atoms with Crippen LogP contribution in [0.3, 0.4) is 0 Å². The molecule has 1 rings (SSSR count). The van der Waals surface area contributed by atoms with Crippen LogP contribution in [0.4, 0.5) is 5.13 Å². The molecule has 0 fully saturated rings. The molecule has 0 bridgehead atoms. The minimum absolute atomic E-state index is 0.103. The largest absolute Gasteiger partial charge is 0.375 e. The maximum Gasteiger partial charge on any atom is 0.211 e. The van der Waals surface area contributed by atoms with Gasteiger partial charge in [-0.1, -0.05) is 0 Å². The number of nitrogens with two attached hydrogens (primary N) is 1. The standard InChI is InChI=1S/C7H13N3O2S2/c1-2-14(11,12)9-4-3-6-5-13-7(8)10-6/h5,9H,2-4H2,1H3,(H2,8,10). The molecule has 0 aliphatic rings. The molecule has 80 valence electrons. The predicted octanol–water partition coefficient (Wildman–Crippen LogP) is 0.207. The fourth-order valence-corrected chi connectivity index (χ4v) is 2.09. The van der Waals surface area contributed by atoms with Crippen molar-refractivity contribution in [3.63, 3.8) is 0 Å². The molecular weight excluding hydrogens is 222 g/mol. The number of sulfonamides is 1. The predicted molar refractivity (Wildman–Crippen MR) is 57.7 cm³/mol. The minimum atomic E-state index is -3.09. The molecule has 7 heteroatoms. The molecule has 1 heterocycles. The summed E-state index contributed by atoms with van der Waals surface area (Å²) < 4.78 is 24.5. The van der Waals surface area contributed by atoms with Gasteiger partial charge >= 0.3 is 0 Å². The summed E-state index contributed by atoms with van der Waals surface area (Å²) in [6, 6.07) is 0. The molecule has 0 atom stereocenters. The summed E-state index contributed by atoms with van der Waals surface area (Å²) in [5, 5.41) is 2.34. The molecule has 1 aromatic rings. The van der Waals surface area contributed by atoms with E-state index in [1.807, 2.05) is 5.38 Å².